The summed E-state index contributed by atoms with van der Waals surface area (Å²) < 4.78 is 5.69. The molecule has 0 radical (unpaired) electrons. The SMILES string of the molecule is CCCc1cnc(C)nc1-c1cccc(C(=O)N2C[C@@H]3C[C@@H]4COC[C@@H]4[C@@H]3C2)c1. The van der Waals surface area contributed by atoms with Crippen molar-refractivity contribution in [3.05, 3.63) is 47.4 Å². The van der Waals surface area contributed by atoms with Crippen LogP contribution in [0.5, 0.6) is 0 Å². The third-order valence-corrected chi connectivity index (χ3v) is 7.07. The number of carbonyl (C=O) groups is 1. The highest BCUT2D eigenvalue weighted by molar-refractivity contribution is 5.95. The van der Waals surface area contributed by atoms with Gasteiger partial charge in [0.05, 0.1) is 12.3 Å². The van der Waals surface area contributed by atoms with Crippen LogP contribution in [0.4, 0.5) is 0 Å². The molecule has 4 atom stereocenters. The topological polar surface area (TPSA) is 55.3 Å². The Balaban J connectivity index is 1.38. The number of aromatic nitrogens is 2. The van der Waals surface area contributed by atoms with E-state index in [9.17, 15) is 4.79 Å². The normalized spacial score (nSPS) is 27.9. The molecule has 1 saturated carbocycles. The minimum Gasteiger partial charge on any atom is -0.381 e. The molecule has 1 aromatic heterocycles. The standard InChI is InChI=1S/C24H29N3O2/c1-3-5-18-10-25-15(2)26-23(18)16-6-4-7-17(8-16)24(28)27-11-19-9-20-13-29-14-22(20)21(19)12-27/h4,6-8,10,19-22H,3,5,9,11-14H2,1-2H3/t19-,20+,21+,22-/m0/s1. The van der Waals surface area contributed by atoms with E-state index in [-0.39, 0.29) is 5.91 Å². The molecule has 1 aliphatic carbocycles. The quantitative estimate of drug-likeness (QED) is 0.796. The van der Waals surface area contributed by atoms with Crippen LogP contribution in [0.25, 0.3) is 11.3 Å². The van der Waals surface area contributed by atoms with Crippen molar-refractivity contribution in [2.24, 2.45) is 23.7 Å². The number of hydrogen-bond acceptors (Lipinski definition) is 4. The predicted octanol–water partition coefficient (Wildman–Crippen LogP) is 3.76. The van der Waals surface area contributed by atoms with E-state index in [2.05, 4.69) is 22.9 Å². The number of carbonyl (C=O) groups excluding carboxylic acids is 1. The second-order valence-electron chi connectivity index (χ2n) is 8.95. The van der Waals surface area contributed by atoms with Crippen LogP contribution >= 0.6 is 0 Å². The van der Waals surface area contributed by atoms with Gasteiger partial charge in [0.2, 0.25) is 0 Å². The molecule has 2 aliphatic heterocycles. The van der Waals surface area contributed by atoms with Crippen molar-refractivity contribution in [1.29, 1.82) is 0 Å². The van der Waals surface area contributed by atoms with E-state index in [1.165, 1.54) is 6.42 Å². The fourth-order valence-corrected chi connectivity index (χ4v) is 5.70. The average Bonchev–Trinajstić information content (AvgIpc) is 3.41. The molecule has 0 bridgehead atoms. The van der Waals surface area contributed by atoms with Gasteiger partial charge in [-0.2, -0.15) is 0 Å². The molecule has 3 fully saturated rings. The van der Waals surface area contributed by atoms with Gasteiger partial charge in [-0.25, -0.2) is 9.97 Å². The summed E-state index contributed by atoms with van der Waals surface area (Å²) in [5.74, 6) is 3.57. The number of benzene rings is 1. The lowest BCUT2D eigenvalue weighted by molar-refractivity contribution is 0.0774. The number of ether oxygens (including phenoxy) is 1. The number of amides is 1. The Morgan fingerprint density at radius 1 is 1.21 bits per heavy atom. The van der Waals surface area contributed by atoms with Crippen molar-refractivity contribution in [3.63, 3.8) is 0 Å². The fourth-order valence-electron chi connectivity index (χ4n) is 5.70. The number of rotatable bonds is 4. The van der Waals surface area contributed by atoms with Gasteiger partial charge in [0.25, 0.3) is 5.91 Å². The minimum atomic E-state index is 0.152. The molecule has 2 saturated heterocycles. The van der Waals surface area contributed by atoms with Gasteiger partial charge in [0.15, 0.2) is 0 Å². The average molecular weight is 392 g/mol. The highest BCUT2D eigenvalue weighted by atomic mass is 16.5. The lowest BCUT2D eigenvalue weighted by Crippen LogP contribution is -2.31. The van der Waals surface area contributed by atoms with Crippen LogP contribution in [0.1, 0.15) is 41.5 Å². The lowest BCUT2D eigenvalue weighted by Gasteiger charge is -2.20. The molecular formula is C24H29N3O2. The summed E-state index contributed by atoms with van der Waals surface area (Å²) in [7, 11) is 0. The molecule has 5 heteroatoms. The Labute approximate surface area is 172 Å². The smallest absolute Gasteiger partial charge is 0.253 e. The van der Waals surface area contributed by atoms with E-state index in [4.69, 9.17) is 9.72 Å². The zero-order valence-corrected chi connectivity index (χ0v) is 17.3. The van der Waals surface area contributed by atoms with E-state index in [0.717, 1.165) is 73.3 Å². The largest absolute Gasteiger partial charge is 0.381 e. The first kappa shape index (κ1) is 18.7. The highest BCUT2D eigenvalue weighted by Crippen LogP contribution is 2.48. The minimum absolute atomic E-state index is 0.152. The maximum Gasteiger partial charge on any atom is 0.253 e. The van der Waals surface area contributed by atoms with Crippen molar-refractivity contribution >= 4 is 5.91 Å². The summed E-state index contributed by atoms with van der Waals surface area (Å²) >= 11 is 0. The number of fused-ring (bicyclic) bond motifs is 3. The van der Waals surface area contributed by atoms with Crippen molar-refractivity contribution in [2.45, 2.75) is 33.1 Å². The van der Waals surface area contributed by atoms with Crippen molar-refractivity contribution in [2.75, 3.05) is 26.3 Å². The summed E-state index contributed by atoms with van der Waals surface area (Å²) in [6, 6.07) is 7.98. The zero-order valence-electron chi connectivity index (χ0n) is 17.3. The molecular weight excluding hydrogens is 362 g/mol. The Bertz CT molecular complexity index is 928. The third kappa shape index (κ3) is 3.35. The first-order valence-corrected chi connectivity index (χ1v) is 10.9. The van der Waals surface area contributed by atoms with Crippen molar-refractivity contribution in [1.82, 2.24) is 14.9 Å². The molecule has 1 aromatic carbocycles. The van der Waals surface area contributed by atoms with E-state index in [0.29, 0.717) is 17.8 Å². The van der Waals surface area contributed by atoms with Crippen LogP contribution in [0.3, 0.4) is 0 Å². The maximum atomic E-state index is 13.3. The van der Waals surface area contributed by atoms with E-state index < -0.39 is 0 Å². The first-order chi connectivity index (χ1) is 14.1. The van der Waals surface area contributed by atoms with E-state index in [1.54, 1.807) is 0 Å². The monoisotopic (exact) mass is 391 g/mol. The molecule has 29 heavy (non-hydrogen) atoms. The van der Waals surface area contributed by atoms with Crippen LogP contribution < -0.4 is 0 Å². The molecule has 2 aromatic rings. The van der Waals surface area contributed by atoms with Gasteiger partial charge in [-0.15, -0.1) is 0 Å². The number of nitrogens with zero attached hydrogens (tertiary/aromatic N) is 3. The summed E-state index contributed by atoms with van der Waals surface area (Å²) in [4.78, 5) is 24.4. The second-order valence-corrected chi connectivity index (χ2v) is 8.95. The lowest BCUT2D eigenvalue weighted by atomic mass is 9.91. The van der Waals surface area contributed by atoms with Crippen LogP contribution in [-0.2, 0) is 11.2 Å². The summed E-state index contributed by atoms with van der Waals surface area (Å²) in [5.41, 5.74) is 3.87. The van der Waals surface area contributed by atoms with Gasteiger partial charge < -0.3 is 9.64 Å². The summed E-state index contributed by atoms with van der Waals surface area (Å²) in [6.07, 6.45) is 5.13. The van der Waals surface area contributed by atoms with Gasteiger partial charge in [0, 0.05) is 37.0 Å². The molecule has 0 spiro atoms. The summed E-state index contributed by atoms with van der Waals surface area (Å²) in [5, 5.41) is 0. The van der Waals surface area contributed by atoms with Crippen molar-refractivity contribution in [3.8, 4) is 11.3 Å². The summed E-state index contributed by atoms with van der Waals surface area (Å²) in [6.45, 7) is 7.66. The predicted molar refractivity (Wildman–Crippen MR) is 111 cm³/mol. The molecule has 3 aliphatic rings. The number of aryl methyl sites for hydroxylation is 2. The molecule has 0 N–H and O–H groups in total. The number of hydrogen-bond donors (Lipinski definition) is 0. The van der Waals surface area contributed by atoms with E-state index >= 15 is 0 Å². The van der Waals surface area contributed by atoms with Crippen LogP contribution in [0, 0.1) is 30.6 Å². The van der Waals surface area contributed by atoms with Gasteiger partial charge >= 0.3 is 0 Å². The van der Waals surface area contributed by atoms with Crippen LogP contribution in [0.15, 0.2) is 30.5 Å². The Morgan fingerprint density at radius 3 is 2.97 bits per heavy atom. The molecule has 5 rings (SSSR count). The Morgan fingerprint density at radius 2 is 2.10 bits per heavy atom. The highest BCUT2D eigenvalue weighted by Gasteiger charge is 2.50. The fraction of sp³-hybridized carbons (Fsp3) is 0.542. The molecule has 1 amide bonds. The molecule has 3 heterocycles. The third-order valence-electron chi connectivity index (χ3n) is 7.07. The zero-order chi connectivity index (χ0) is 20.0. The Hall–Kier alpha value is -2.27. The van der Waals surface area contributed by atoms with Crippen LogP contribution in [0.2, 0.25) is 0 Å². The van der Waals surface area contributed by atoms with E-state index in [1.807, 2.05) is 31.3 Å². The molecule has 0 unspecified atom stereocenters. The Kier molecular flexibility index (Phi) is 4.86. The van der Waals surface area contributed by atoms with Gasteiger partial charge in [-0.3, -0.25) is 4.79 Å². The van der Waals surface area contributed by atoms with Crippen molar-refractivity contribution < 1.29 is 9.53 Å². The van der Waals surface area contributed by atoms with Gasteiger partial charge in [-0.05, 0) is 61.1 Å². The second kappa shape index (κ2) is 7.52. The number of likely N-dealkylation sites (tertiary alicyclic amines) is 1. The van der Waals surface area contributed by atoms with Gasteiger partial charge in [0.1, 0.15) is 5.82 Å². The van der Waals surface area contributed by atoms with Crippen LogP contribution in [-0.4, -0.2) is 47.1 Å². The maximum absolute atomic E-state index is 13.3. The molecule has 5 nitrogen and oxygen atoms in total. The van der Waals surface area contributed by atoms with Gasteiger partial charge in [-0.1, -0.05) is 25.5 Å². The first-order valence-electron chi connectivity index (χ1n) is 10.9. The molecule has 152 valence electrons.